The highest BCUT2D eigenvalue weighted by Gasteiger charge is 2.06. The number of hydrogen-bond acceptors (Lipinski definition) is 3. The smallest absolute Gasteiger partial charge is 0.259 e. The Labute approximate surface area is 101 Å². The molecular formula is C13H8FN3O. The van der Waals surface area contributed by atoms with Crippen molar-refractivity contribution in [3.05, 3.63) is 58.8 Å². The highest BCUT2D eigenvalue weighted by Crippen LogP contribution is 2.13. The Kier molecular flexibility index (Phi) is 2.37. The van der Waals surface area contributed by atoms with Gasteiger partial charge in [0.2, 0.25) is 0 Å². The van der Waals surface area contributed by atoms with Crippen LogP contribution in [0.5, 0.6) is 0 Å². The fourth-order valence-electron chi connectivity index (χ4n) is 1.72. The van der Waals surface area contributed by atoms with Crippen LogP contribution in [0, 0.1) is 5.82 Å². The van der Waals surface area contributed by atoms with E-state index in [1.54, 1.807) is 24.3 Å². The third kappa shape index (κ3) is 1.75. The SMILES string of the molecule is O=c1[nH]c(-c2ccc(F)cn2)nc2ccccc12. The summed E-state index contributed by atoms with van der Waals surface area (Å²) in [6.07, 6.45) is 1.09. The lowest BCUT2D eigenvalue weighted by molar-refractivity contribution is 0.621. The van der Waals surface area contributed by atoms with Gasteiger partial charge in [0.15, 0.2) is 5.82 Å². The molecule has 0 saturated heterocycles. The van der Waals surface area contributed by atoms with E-state index in [4.69, 9.17) is 0 Å². The van der Waals surface area contributed by atoms with Crippen LogP contribution in [0.4, 0.5) is 4.39 Å². The van der Waals surface area contributed by atoms with E-state index in [0.29, 0.717) is 22.4 Å². The number of nitrogens with one attached hydrogen (secondary N) is 1. The molecule has 0 fully saturated rings. The molecule has 0 atom stereocenters. The zero-order valence-corrected chi connectivity index (χ0v) is 9.22. The zero-order valence-electron chi connectivity index (χ0n) is 9.22. The number of rotatable bonds is 1. The van der Waals surface area contributed by atoms with Gasteiger partial charge in [-0.05, 0) is 24.3 Å². The van der Waals surface area contributed by atoms with Crippen LogP contribution in [-0.2, 0) is 0 Å². The number of H-pyrrole nitrogens is 1. The molecule has 0 radical (unpaired) electrons. The summed E-state index contributed by atoms with van der Waals surface area (Å²) in [7, 11) is 0. The maximum Gasteiger partial charge on any atom is 0.259 e. The highest BCUT2D eigenvalue weighted by molar-refractivity contribution is 5.78. The maximum absolute atomic E-state index is 12.8. The van der Waals surface area contributed by atoms with Gasteiger partial charge in [0.25, 0.3) is 5.56 Å². The molecule has 0 spiro atoms. The van der Waals surface area contributed by atoms with Crippen molar-refractivity contribution in [1.29, 1.82) is 0 Å². The fourth-order valence-corrected chi connectivity index (χ4v) is 1.72. The quantitative estimate of drug-likeness (QED) is 0.710. The molecule has 0 unspecified atom stereocenters. The first-order valence-electron chi connectivity index (χ1n) is 5.35. The normalized spacial score (nSPS) is 10.7. The van der Waals surface area contributed by atoms with E-state index in [9.17, 15) is 9.18 Å². The molecule has 88 valence electrons. The van der Waals surface area contributed by atoms with Crippen LogP contribution in [0.2, 0.25) is 0 Å². The third-order valence-electron chi connectivity index (χ3n) is 2.58. The summed E-state index contributed by atoms with van der Waals surface area (Å²) in [5.74, 6) is -0.0967. The Balaban J connectivity index is 2.24. The number of hydrogen-bond donors (Lipinski definition) is 1. The molecule has 0 aliphatic heterocycles. The highest BCUT2D eigenvalue weighted by atomic mass is 19.1. The van der Waals surface area contributed by atoms with Crippen molar-refractivity contribution >= 4 is 10.9 Å². The molecule has 0 bridgehead atoms. The van der Waals surface area contributed by atoms with Crippen molar-refractivity contribution in [3.8, 4) is 11.5 Å². The number of fused-ring (bicyclic) bond motifs is 1. The van der Waals surface area contributed by atoms with Gasteiger partial charge in [0, 0.05) is 0 Å². The number of para-hydroxylation sites is 1. The second kappa shape index (κ2) is 4.03. The van der Waals surface area contributed by atoms with E-state index >= 15 is 0 Å². The van der Waals surface area contributed by atoms with Crippen LogP contribution < -0.4 is 5.56 Å². The van der Waals surface area contributed by atoms with Gasteiger partial charge in [0.05, 0.1) is 17.1 Å². The van der Waals surface area contributed by atoms with Crippen molar-refractivity contribution in [1.82, 2.24) is 15.0 Å². The third-order valence-corrected chi connectivity index (χ3v) is 2.58. The van der Waals surface area contributed by atoms with Gasteiger partial charge in [0.1, 0.15) is 11.5 Å². The van der Waals surface area contributed by atoms with Gasteiger partial charge in [-0.2, -0.15) is 0 Å². The number of pyridine rings is 1. The molecule has 3 rings (SSSR count). The van der Waals surface area contributed by atoms with Gasteiger partial charge >= 0.3 is 0 Å². The Morgan fingerprint density at radius 1 is 1.11 bits per heavy atom. The van der Waals surface area contributed by atoms with Crippen molar-refractivity contribution in [2.75, 3.05) is 0 Å². The summed E-state index contributed by atoms with van der Waals surface area (Å²) >= 11 is 0. The van der Waals surface area contributed by atoms with E-state index in [-0.39, 0.29) is 5.56 Å². The predicted octanol–water partition coefficient (Wildman–Crippen LogP) is 2.12. The predicted molar refractivity (Wildman–Crippen MR) is 65.6 cm³/mol. The summed E-state index contributed by atoms with van der Waals surface area (Å²) in [6.45, 7) is 0. The standard InChI is InChI=1S/C13H8FN3O/c14-8-5-6-11(15-7-8)12-16-10-4-2-1-3-9(10)13(18)17-12/h1-7H,(H,16,17,18). The molecular weight excluding hydrogens is 233 g/mol. The molecule has 0 aliphatic rings. The number of benzene rings is 1. The lowest BCUT2D eigenvalue weighted by Gasteiger charge is -2.01. The zero-order chi connectivity index (χ0) is 12.5. The minimum absolute atomic E-state index is 0.235. The summed E-state index contributed by atoms with van der Waals surface area (Å²) in [5.41, 5.74) is 0.781. The lowest BCUT2D eigenvalue weighted by Crippen LogP contribution is -2.09. The fraction of sp³-hybridized carbons (Fsp3) is 0. The summed E-state index contributed by atoms with van der Waals surface area (Å²) in [5, 5.41) is 0.517. The summed E-state index contributed by atoms with van der Waals surface area (Å²) in [4.78, 5) is 22.7. The molecule has 1 aromatic carbocycles. The maximum atomic E-state index is 12.8. The van der Waals surface area contributed by atoms with Crippen LogP contribution in [0.15, 0.2) is 47.4 Å². The van der Waals surface area contributed by atoms with E-state index in [1.807, 2.05) is 0 Å². The largest absolute Gasteiger partial charge is 0.305 e. The number of aromatic amines is 1. The van der Waals surface area contributed by atoms with Crippen molar-refractivity contribution in [2.24, 2.45) is 0 Å². The molecule has 18 heavy (non-hydrogen) atoms. The van der Waals surface area contributed by atoms with E-state index in [1.165, 1.54) is 12.1 Å². The van der Waals surface area contributed by atoms with Crippen molar-refractivity contribution in [2.45, 2.75) is 0 Å². The Hall–Kier alpha value is -2.56. The molecule has 1 N–H and O–H groups in total. The minimum Gasteiger partial charge on any atom is -0.305 e. The molecule has 0 amide bonds. The first-order valence-corrected chi connectivity index (χ1v) is 5.35. The molecule has 3 aromatic rings. The molecule has 0 saturated carbocycles. The van der Waals surface area contributed by atoms with Gasteiger partial charge in [-0.25, -0.2) is 14.4 Å². The average molecular weight is 241 g/mol. The van der Waals surface area contributed by atoms with Crippen LogP contribution >= 0.6 is 0 Å². The van der Waals surface area contributed by atoms with E-state index < -0.39 is 5.82 Å². The number of aromatic nitrogens is 3. The Morgan fingerprint density at radius 2 is 1.94 bits per heavy atom. The molecule has 2 heterocycles. The summed E-state index contributed by atoms with van der Waals surface area (Å²) < 4.78 is 12.8. The van der Waals surface area contributed by atoms with Gasteiger partial charge in [-0.1, -0.05) is 12.1 Å². The average Bonchev–Trinajstić information content (AvgIpc) is 2.39. The second-order valence-corrected chi connectivity index (χ2v) is 3.79. The van der Waals surface area contributed by atoms with Crippen molar-refractivity contribution in [3.63, 3.8) is 0 Å². The van der Waals surface area contributed by atoms with Crippen LogP contribution in [0.25, 0.3) is 22.4 Å². The Morgan fingerprint density at radius 3 is 2.72 bits per heavy atom. The second-order valence-electron chi connectivity index (χ2n) is 3.79. The minimum atomic E-state index is -0.429. The van der Waals surface area contributed by atoms with Crippen LogP contribution in [0.1, 0.15) is 0 Å². The van der Waals surface area contributed by atoms with E-state index in [0.717, 1.165) is 6.20 Å². The Bertz CT molecular complexity index is 765. The first kappa shape index (κ1) is 10.6. The first-order chi connectivity index (χ1) is 8.74. The molecule has 5 heteroatoms. The topological polar surface area (TPSA) is 58.6 Å². The van der Waals surface area contributed by atoms with Gasteiger partial charge in [-0.3, -0.25) is 4.79 Å². The summed E-state index contributed by atoms with van der Waals surface area (Å²) in [6, 6.07) is 9.77. The van der Waals surface area contributed by atoms with E-state index in [2.05, 4.69) is 15.0 Å². The molecule has 0 aliphatic carbocycles. The molecule has 4 nitrogen and oxygen atoms in total. The van der Waals surface area contributed by atoms with Gasteiger partial charge in [-0.15, -0.1) is 0 Å². The molecule has 2 aromatic heterocycles. The van der Waals surface area contributed by atoms with Crippen LogP contribution in [-0.4, -0.2) is 15.0 Å². The number of nitrogens with zero attached hydrogens (tertiary/aromatic N) is 2. The van der Waals surface area contributed by atoms with Crippen molar-refractivity contribution < 1.29 is 4.39 Å². The monoisotopic (exact) mass is 241 g/mol. The lowest BCUT2D eigenvalue weighted by atomic mass is 10.2. The number of halogens is 1. The van der Waals surface area contributed by atoms with Crippen LogP contribution in [0.3, 0.4) is 0 Å². The van der Waals surface area contributed by atoms with Gasteiger partial charge < -0.3 is 4.98 Å².